The first-order chi connectivity index (χ1) is 4.70. The molecule has 1 rings (SSSR count). The number of halogens is 1. The van der Waals surface area contributed by atoms with Gasteiger partial charge in [-0.3, -0.25) is 0 Å². The summed E-state index contributed by atoms with van der Waals surface area (Å²) in [5.74, 6) is -1.14. The van der Waals surface area contributed by atoms with Gasteiger partial charge in [0.1, 0.15) is 7.05 Å². The summed E-state index contributed by atoms with van der Waals surface area (Å²) >= 11 is 0. The van der Waals surface area contributed by atoms with Gasteiger partial charge in [0.05, 0.1) is 11.5 Å². The molecule has 0 fully saturated rings. The van der Waals surface area contributed by atoms with E-state index >= 15 is 0 Å². The van der Waals surface area contributed by atoms with E-state index in [-0.39, 0.29) is 18.0 Å². The lowest BCUT2D eigenvalue weighted by molar-refractivity contribution is -0.671. The quantitative estimate of drug-likeness (QED) is 0.527. The predicted molar refractivity (Wildman–Crippen MR) is 39.2 cm³/mol. The minimum Gasteiger partial charge on any atom is -0.545 e. The summed E-state index contributed by atoms with van der Waals surface area (Å²) in [4.78, 5) is 10.2. The highest BCUT2D eigenvalue weighted by Crippen LogP contribution is 1.89. The van der Waals surface area contributed by atoms with Gasteiger partial charge in [0.2, 0.25) is 0 Å². The highest BCUT2D eigenvalue weighted by molar-refractivity contribution is 5.85. The fraction of sp³-hybridized carbons (Fsp3) is 0.143. The molecule has 11 heavy (non-hydrogen) atoms. The van der Waals surface area contributed by atoms with Crippen molar-refractivity contribution in [3.05, 3.63) is 30.1 Å². The number of hydrogen-bond donors (Lipinski definition) is 0. The van der Waals surface area contributed by atoms with Gasteiger partial charge in [-0.15, -0.1) is 12.4 Å². The average molecular weight is 174 g/mol. The van der Waals surface area contributed by atoms with Crippen molar-refractivity contribution in [2.45, 2.75) is 0 Å². The number of carboxylic acids is 1. The third-order valence-corrected chi connectivity index (χ3v) is 1.18. The molecule has 4 heteroatoms. The fourth-order valence-corrected chi connectivity index (χ4v) is 0.709. The van der Waals surface area contributed by atoms with Gasteiger partial charge in [0.25, 0.3) is 0 Å². The number of carbonyl (C=O) groups excluding carboxylic acids is 1. The largest absolute Gasteiger partial charge is 0.545 e. The van der Waals surface area contributed by atoms with E-state index in [0.717, 1.165) is 0 Å². The zero-order valence-corrected chi connectivity index (χ0v) is 6.80. The van der Waals surface area contributed by atoms with Gasteiger partial charge >= 0.3 is 0 Å². The molecular weight excluding hydrogens is 166 g/mol. The highest BCUT2D eigenvalue weighted by Gasteiger charge is 1.96. The Morgan fingerprint density at radius 1 is 1.64 bits per heavy atom. The summed E-state index contributed by atoms with van der Waals surface area (Å²) in [6.45, 7) is 0. The van der Waals surface area contributed by atoms with E-state index in [0.29, 0.717) is 0 Å². The first kappa shape index (κ1) is 9.91. The Morgan fingerprint density at radius 3 is 2.64 bits per heavy atom. The molecule has 0 amide bonds. The Labute approximate surface area is 70.7 Å². The van der Waals surface area contributed by atoms with Crippen LogP contribution in [-0.2, 0) is 7.05 Å². The Morgan fingerprint density at radius 2 is 2.27 bits per heavy atom. The first-order valence-electron chi connectivity index (χ1n) is 2.87. The van der Waals surface area contributed by atoms with Crippen LogP contribution < -0.4 is 9.67 Å². The van der Waals surface area contributed by atoms with Gasteiger partial charge in [-0.1, -0.05) is 0 Å². The molecule has 0 spiro atoms. The minimum atomic E-state index is -1.14. The van der Waals surface area contributed by atoms with Crippen LogP contribution in [0.5, 0.6) is 0 Å². The van der Waals surface area contributed by atoms with E-state index in [1.54, 1.807) is 23.9 Å². The Hall–Kier alpha value is -1.09. The normalized spacial score (nSPS) is 8.45. The van der Waals surface area contributed by atoms with Crippen molar-refractivity contribution in [2.75, 3.05) is 0 Å². The van der Waals surface area contributed by atoms with E-state index in [1.165, 1.54) is 12.3 Å². The molecule has 0 N–H and O–H groups in total. The number of carboxylic acid groups (broad SMARTS) is 1. The van der Waals surface area contributed by atoms with Crippen LogP contribution in [0.15, 0.2) is 24.5 Å². The molecule has 0 aromatic carbocycles. The van der Waals surface area contributed by atoms with Crippen LogP contribution in [0.25, 0.3) is 0 Å². The van der Waals surface area contributed by atoms with Crippen molar-refractivity contribution in [3.63, 3.8) is 0 Å². The molecule has 0 unspecified atom stereocenters. The molecule has 0 aliphatic rings. The zero-order chi connectivity index (χ0) is 7.56. The molecule has 0 atom stereocenters. The van der Waals surface area contributed by atoms with E-state index in [2.05, 4.69) is 0 Å². The molecule has 0 saturated heterocycles. The van der Waals surface area contributed by atoms with Crippen LogP contribution in [0, 0.1) is 0 Å². The fourth-order valence-electron chi connectivity index (χ4n) is 0.709. The third-order valence-electron chi connectivity index (χ3n) is 1.18. The van der Waals surface area contributed by atoms with Crippen LogP contribution in [0.2, 0.25) is 0 Å². The van der Waals surface area contributed by atoms with Crippen molar-refractivity contribution >= 4 is 18.4 Å². The molecule has 0 bridgehead atoms. The number of aryl methyl sites for hydroxylation is 1. The minimum absolute atomic E-state index is 0. The second-order valence-electron chi connectivity index (χ2n) is 2.05. The van der Waals surface area contributed by atoms with E-state index in [4.69, 9.17) is 0 Å². The number of aromatic carboxylic acids is 1. The Kier molecular flexibility index (Phi) is 3.54. The van der Waals surface area contributed by atoms with Gasteiger partial charge < -0.3 is 9.90 Å². The second-order valence-corrected chi connectivity index (χ2v) is 2.05. The van der Waals surface area contributed by atoms with Crippen LogP contribution in [-0.4, -0.2) is 5.97 Å². The Bertz CT molecular complexity index is 262. The lowest BCUT2D eigenvalue weighted by atomic mass is 10.3. The molecule has 1 aromatic rings. The van der Waals surface area contributed by atoms with Crippen LogP contribution in [0.4, 0.5) is 0 Å². The van der Waals surface area contributed by atoms with Crippen molar-refractivity contribution in [3.8, 4) is 0 Å². The number of aromatic nitrogens is 1. The molecule has 0 saturated carbocycles. The van der Waals surface area contributed by atoms with Crippen molar-refractivity contribution in [2.24, 2.45) is 7.05 Å². The summed E-state index contributed by atoms with van der Waals surface area (Å²) in [5.41, 5.74) is 0.199. The standard InChI is InChI=1S/C7H7NO2.ClH/c1-8-4-2-3-6(5-8)7(9)10;/h2-5H,1H3;1H. The van der Waals surface area contributed by atoms with Gasteiger partial charge in [-0.05, 0) is 6.07 Å². The van der Waals surface area contributed by atoms with Crippen LogP contribution in [0.3, 0.4) is 0 Å². The highest BCUT2D eigenvalue weighted by atomic mass is 35.5. The number of carbonyl (C=O) groups is 1. The van der Waals surface area contributed by atoms with Gasteiger partial charge in [-0.25, -0.2) is 4.57 Å². The first-order valence-corrected chi connectivity index (χ1v) is 2.87. The zero-order valence-electron chi connectivity index (χ0n) is 5.98. The Balaban J connectivity index is 0.000001000. The number of nitrogens with zero attached hydrogens (tertiary/aromatic N) is 1. The average Bonchev–Trinajstić information content (AvgIpc) is 1.88. The maximum absolute atomic E-state index is 10.2. The lowest BCUT2D eigenvalue weighted by Gasteiger charge is -1.96. The monoisotopic (exact) mass is 173 g/mol. The van der Waals surface area contributed by atoms with Crippen molar-refractivity contribution in [1.29, 1.82) is 0 Å². The SMILES string of the molecule is C[n+]1cccc(C(=O)[O-])c1.Cl. The van der Waals surface area contributed by atoms with E-state index in [9.17, 15) is 9.90 Å². The van der Waals surface area contributed by atoms with Crippen LogP contribution in [0.1, 0.15) is 10.4 Å². The maximum Gasteiger partial charge on any atom is 0.177 e. The predicted octanol–water partition coefficient (Wildman–Crippen LogP) is -0.704. The summed E-state index contributed by atoms with van der Waals surface area (Å²) in [6, 6.07) is 3.15. The molecule has 0 radical (unpaired) electrons. The van der Waals surface area contributed by atoms with Crippen molar-refractivity contribution < 1.29 is 14.5 Å². The number of pyridine rings is 1. The van der Waals surface area contributed by atoms with E-state index in [1.807, 2.05) is 0 Å². The van der Waals surface area contributed by atoms with Crippen LogP contribution >= 0.6 is 12.4 Å². The molecule has 0 aliphatic heterocycles. The summed E-state index contributed by atoms with van der Waals surface area (Å²) in [5, 5.41) is 10.2. The molecule has 60 valence electrons. The number of rotatable bonds is 1. The third kappa shape index (κ3) is 2.55. The summed E-state index contributed by atoms with van der Waals surface area (Å²) in [7, 11) is 1.76. The maximum atomic E-state index is 10.2. The number of hydrogen-bond acceptors (Lipinski definition) is 2. The van der Waals surface area contributed by atoms with Gasteiger partial charge in [-0.2, -0.15) is 0 Å². The summed E-state index contributed by atoms with van der Waals surface area (Å²) in [6.07, 6.45) is 3.25. The van der Waals surface area contributed by atoms with Gasteiger partial charge in [0.15, 0.2) is 12.4 Å². The lowest BCUT2D eigenvalue weighted by Crippen LogP contribution is -2.31. The summed E-state index contributed by atoms with van der Waals surface area (Å²) < 4.78 is 1.66. The van der Waals surface area contributed by atoms with E-state index < -0.39 is 5.97 Å². The smallest absolute Gasteiger partial charge is 0.177 e. The molecule has 1 aromatic heterocycles. The molecule has 0 aliphatic carbocycles. The second kappa shape index (κ2) is 3.93. The molecule has 3 nitrogen and oxygen atoms in total. The molecule has 1 heterocycles. The van der Waals surface area contributed by atoms with Crippen molar-refractivity contribution in [1.82, 2.24) is 0 Å². The van der Waals surface area contributed by atoms with Gasteiger partial charge in [0, 0.05) is 6.07 Å². The topological polar surface area (TPSA) is 44.0 Å². The molecular formula is C7H8ClNO2.